The first-order valence-corrected chi connectivity index (χ1v) is 12.6. The minimum absolute atomic E-state index is 0.195. The van der Waals surface area contributed by atoms with E-state index < -0.39 is 45.3 Å². The van der Waals surface area contributed by atoms with E-state index in [9.17, 15) is 35.9 Å². The van der Waals surface area contributed by atoms with Gasteiger partial charge < -0.3 is 9.67 Å². The predicted molar refractivity (Wildman–Crippen MR) is 118 cm³/mol. The largest absolute Gasteiger partial charge is 0.481 e. The molecule has 2 unspecified atom stereocenters. The van der Waals surface area contributed by atoms with Gasteiger partial charge in [-0.3, -0.25) is 4.79 Å². The number of alkyl halides is 3. The number of hydrogen-bond donors (Lipinski definition) is 1. The van der Waals surface area contributed by atoms with Crippen molar-refractivity contribution in [2.24, 2.45) is 0 Å². The van der Waals surface area contributed by atoms with Crippen LogP contribution in [0, 0.1) is 5.82 Å². The van der Waals surface area contributed by atoms with Gasteiger partial charge in [0.1, 0.15) is 5.82 Å². The molecule has 34 heavy (non-hydrogen) atoms. The third-order valence-electron chi connectivity index (χ3n) is 6.47. The number of halogens is 4. The number of rotatable bonds is 5. The predicted octanol–water partition coefficient (Wildman–Crippen LogP) is 5.71. The zero-order valence-electron chi connectivity index (χ0n) is 18.5. The number of hydrogen-bond acceptors (Lipinski definition) is 3. The lowest BCUT2D eigenvalue weighted by molar-refractivity contribution is -0.138. The van der Waals surface area contributed by atoms with Crippen molar-refractivity contribution in [1.82, 2.24) is 4.57 Å². The van der Waals surface area contributed by atoms with Crippen molar-refractivity contribution in [1.29, 1.82) is 0 Å². The summed E-state index contributed by atoms with van der Waals surface area (Å²) in [6, 6.07) is 6.11. The van der Waals surface area contributed by atoms with E-state index in [1.165, 1.54) is 18.2 Å². The topological polar surface area (TPSA) is 76.4 Å². The first-order valence-electron chi connectivity index (χ1n) is 10.7. The van der Waals surface area contributed by atoms with Crippen LogP contribution in [0.4, 0.5) is 17.6 Å². The van der Waals surface area contributed by atoms with Crippen molar-refractivity contribution in [3.63, 3.8) is 0 Å². The minimum Gasteiger partial charge on any atom is -0.481 e. The lowest BCUT2D eigenvalue weighted by atomic mass is 9.84. The molecule has 182 valence electrons. The second kappa shape index (κ2) is 8.41. The maximum absolute atomic E-state index is 14.5. The van der Waals surface area contributed by atoms with E-state index in [4.69, 9.17) is 0 Å². The lowest BCUT2D eigenvalue weighted by Crippen LogP contribution is -2.20. The van der Waals surface area contributed by atoms with Gasteiger partial charge in [0, 0.05) is 23.3 Å². The van der Waals surface area contributed by atoms with Crippen molar-refractivity contribution in [2.75, 3.05) is 6.26 Å². The molecule has 5 nitrogen and oxygen atoms in total. The molecule has 0 saturated heterocycles. The molecule has 0 saturated carbocycles. The number of nitrogens with zero attached hydrogens (tertiary/aromatic N) is 1. The molecule has 3 aromatic rings. The highest BCUT2D eigenvalue weighted by molar-refractivity contribution is 7.91. The fourth-order valence-electron chi connectivity index (χ4n) is 5.02. The summed E-state index contributed by atoms with van der Waals surface area (Å²) in [4.78, 5) is 11.4. The quantitative estimate of drug-likeness (QED) is 0.459. The molecule has 2 aromatic carbocycles. The van der Waals surface area contributed by atoms with E-state index in [0.29, 0.717) is 41.5 Å². The fraction of sp³-hybridized carbons (Fsp3) is 0.375. The zero-order valence-corrected chi connectivity index (χ0v) is 19.3. The first-order chi connectivity index (χ1) is 15.8. The van der Waals surface area contributed by atoms with Crippen LogP contribution in [0.5, 0.6) is 0 Å². The van der Waals surface area contributed by atoms with Crippen LogP contribution in [-0.4, -0.2) is 30.3 Å². The summed E-state index contributed by atoms with van der Waals surface area (Å²) in [7, 11) is -3.88. The molecule has 4 rings (SSSR count). The summed E-state index contributed by atoms with van der Waals surface area (Å²) in [6.45, 7) is 1.71. The molecule has 0 radical (unpaired) electrons. The van der Waals surface area contributed by atoms with Gasteiger partial charge in [-0.05, 0) is 61.6 Å². The summed E-state index contributed by atoms with van der Waals surface area (Å²) in [5, 5.41) is 9.87. The summed E-state index contributed by atoms with van der Waals surface area (Å²) in [6.07, 6.45) is -2.01. The monoisotopic (exact) mass is 497 g/mol. The van der Waals surface area contributed by atoms with E-state index in [2.05, 4.69) is 0 Å². The normalized spacial score (nSPS) is 17.5. The van der Waals surface area contributed by atoms with Crippen LogP contribution in [0.2, 0.25) is 0 Å². The van der Waals surface area contributed by atoms with Gasteiger partial charge in [0.05, 0.1) is 28.4 Å². The highest BCUT2D eigenvalue weighted by atomic mass is 32.2. The maximum Gasteiger partial charge on any atom is 0.416 e. The van der Waals surface area contributed by atoms with Crippen LogP contribution in [0.3, 0.4) is 0 Å². The SMILES string of the molecule is CC(c1ccc(C(F)(F)F)cc1)n1c2c(c3cc(F)cc(S(C)(=O)=O)c31)CCCC2CC(=O)O. The average molecular weight is 498 g/mol. The van der Waals surface area contributed by atoms with Gasteiger partial charge in [0.15, 0.2) is 9.84 Å². The number of sulfone groups is 1. The highest BCUT2D eigenvalue weighted by Gasteiger charge is 2.34. The molecule has 1 heterocycles. The molecule has 1 aliphatic rings. The number of benzene rings is 2. The number of fused-ring (bicyclic) bond motifs is 3. The van der Waals surface area contributed by atoms with Crippen LogP contribution in [-0.2, 0) is 27.2 Å². The third kappa shape index (κ3) is 4.31. The number of carboxylic acids is 1. The Kier molecular flexibility index (Phi) is 6.00. The number of aliphatic carboxylic acids is 1. The molecule has 0 bridgehead atoms. The van der Waals surface area contributed by atoms with Crippen LogP contribution in [0.25, 0.3) is 10.9 Å². The molecule has 0 amide bonds. The van der Waals surface area contributed by atoms with Gasteiger partial charge in [-0.2, -0.15) is 13.2 Å². The molecule has 0 fully saturated rings. The summed E-state index contributed by atoms with van der Waals surface area (Å²) >= 11 is 0. The van der Waals surface area contributed by atoms with Crippen molar-refractivity contribution in [3.8, 4) is 0 Å². The van der Waals surface area contributed by atoms with E-state index in [1.54, 1.807) is 11.5 Å². The highest BCUT2D eigenvalue weighted by Crippen LogP contribution is 2.45. The van der Waals surface area contributed by atoms with Crippen LogP contribution in [0.1, 0.15) is 60.5 Å². The van der Waals surface area contributed by atoms with E-state index in [1.807, 2.05) is 0 Å². The van der Waals surface area contributed by atoms with Crippen molar-refractivity contribution >= 4 is 26.7 Å². The lowest BCUT2D eigenvalue weighted by Gasteiger charge is -2.28. The molecule has 0 aliphatic heterocycles. The van der Waals surface area contributed by atoms with Crippen LogP contribution >= 0.6 is 0 Å². The molecule has 2 atom stereocenters. The van der Waals surface area contributed by atoms with Gasteiger partial charge in [-0.1, -0.05) is 12.1 Å². The smallest absolute Gasteiger partial charge is 0.416 e. The van der Waals surface area contributed by atoms with E-state index in [0.717, 1.165) is 24.5 Å². The van der Waals surface area contributed by atoms with Gasteiger partial charge in [0.2, 0.25) is 0 Å². The van der Waals surface area contributed by atoms with Gasteiger partial charge in [-0.15, -0.1) is 0 Å². The van der Waals surface area contributed by atoms with Gasteiger partial charge in [-0.25, -0.2) is 12.8 Å². The Balaban J connectivity index is 2.04. The molecular weight excluding hydrogens is 474 g/mol. The summed E-state index contributed by atoms with van der Waals surface area (Å²) in [5.41, 5.74) is 1.21. The second-order valence-electron chi connectivity index (χ2n) is 8.79. The zero-order chi connectivity index (χ0) is 25.0. The van der Waals surface area contributed by atoms with Crippen molar-refractivity contribution in [3.05, 3.63) is 64.6 Å². The second-order valence-corrected chi connectivity index (χ2v) is 10.8. The molecule has 1 aliphatic carbocycles. The molecule has 10 heteroatoms. The maximum atomic E-state index is 14.5. The molecule has 1 aromatic heterocycles. The molecule has 0 spiro atoms. The Bertz CT molecular complexity index is 1370. The summed E-state index contributed by atoms with van der Waals surface area (Å²) in [5.74, 6) is -2.19. The van der Waals surface area contributed by atoms with E-state index in [-0.39, 0.29) is 16.8 Å². The first kappa shape index (κ1) is 24.3. The Morgan fingerprint density at radius 3 is 2.41 bits per heavy atom. The minimum atomic E-state index is -4.51. The van der Waals surface area contributed by atoms with Gasteiger partial charge >= 0.3 is 12.1 Å². The van der Waals surface area contributed by atoms with Crippen LogP contribution < -0.4 is 0 Å². The van der Waals surface area contributed by atoms with Crippen molar-refractivity contribution in [2.45, 2.75) is 55.6 Å². The van der Waals surface area contributed by atoms with Crippen molar-refractivity contribution < 1.29 is 35.9 Å². The third-order valence-corrected chi connectivity index (χ3v) is 7.58. The Morgan fingerprint density at radius 2 is 1.85 bits per heavy atom. The number of aromatic nitrogens is 1. The Hall–Kier alpha value is -2.88. The molecule has 1 N–H and O–H groups in total. The standard InChI is InChI=1S/C24H23F4NO4S/c1-13(14-6-8-16(9-7-14)24(26,27)28)29-22-15(10-21(30)31)4-3-5-18(22)19-11-17(25)12-20(23(19)29)34(2,32)33/h6-9,11-13,15H,3-5,10H2,1-2H3,(H,30,31). The summed E-state index contributed by atoms with van der Waals surface area (Å²) < 4.78 is 80.7. The average Bonchev–Trinajstić information content (AvgIpc) is 3.06. The molecular formula is C24H23F4NO4S. The number of carboxylic acid groups (broad SMARTS) is 1. The number of aryl methyl sites for hydroxylation is 1. The van der Waals surface area contributed by atoms with E-state index >= 15 is 0 Å². The Labute approximate surface area is 193 Å². The fourth-order valence-corrected chi connectivity index (χ4v) is 5.90. The van der Waals surface area contributed by atoms with Gasteiger partial charge in [0.25, 0.3) is 0 Å². The number of carbonyl (C=O) groups is 1. The Morgan fingerprint density at radius 1 is 1.21 bits per heavy atom. The van der Waals surface area contributed by atoms with Crippen LogP contribution in [0.15, 0.2) is 41.3 Å².